The van der Waals surface area contributed by atoms with E-state index < -0.39 is 0 Å². The molecule has 208 valence electrons. The summed E-state index contributed by atoms with van der Waals surface area (Å²) in [6, 6.07) is 11.6. The first-order valence-electron chi connectivity index (χ1n) is 14.3. The maximum Gasteiger partial charge on any atom is 0.253 e. The second kappa shape index (κ2) is 10.2. The second-order valence-electron chi connectivity index (χ2n) is 11.8. The topological polar surface area (TPSA) is 95.1 Å². The van der Waals surface area contributed by atoms with Crippen molar-refractivity contribution in [2.75, 3.05) is 18.0 Å². The van der Waals surface area contributed by atoms with Gasteiger partial charge in [-0.1, -0.05) is 0 Å². The number of nitrogens with zero attached hydrogens (tertiary/aromatic N) is 3. The third kappa shape index (κ3) is 4.81. The summed E-state index contributed by atoms with van der Waals surface area (Å²) < 4.78 is 2.22. The lowest BCUT2D eigenvalue weighted by molar-refractivity contribution is 0.0952. The van der Waals surface area contributed by atoms with E-state index in [0.717, 1.165) is 57.8 Å². The Labute approximate surface area is 234 Å². The first-order chi connectivity index (χ1) is 19.2. The van der Waals surface area contributed by atoms with Gasteiger partial charge in [-0.25, -0.2) is 4.98 Å². The Morgan fingerprint density at radius 3 is 2.45 bits per heavy atom. The van der Waals surface area contributed by atoms with Gasteiger partial charge in [-0.15, -0.1) is 0 Å². The normalized spacial score (nSPS) is 18.6. The Morgan fingerprint density at radius 2 is 1.80 bits per heavy atom. The molecule has 1 aromatic carbocycles. The molecule has 0 aliphatic carbocycles. The van der Waals surface area contributed by atoms with E-state index >= 15 is 0 Å². The van der Waals surface area contributed by atoms with E-state index in [0.29, 0.717) is 23.2 Å². The number of rotatable bonds is 6. The molecule has 1 amide bonds. The average molecular weight is 539 g/mol. The van der Waals surface area contributed by atoms with E-state index in [-0.39, 0.29) is 24.1 Å². The lowest BCUT2D eigenvalue weighted by Gasteiger charge is -2.33. The lowest BCUT2D eigenvalue weighted by Crippen LogP contribution is -2.51. The number of carbonyl (C=O) groups is 1. The molecule has 8 nitrogen and oxygen atoms in total. The number of pyridine rings is 2. The Balaban J connectivity index is 1.35. The Morgan fingerprint density at radius 1 is 1.05 bits per heavy atom. The van der Waals surface area contributed by atoms with Crippen LogP contribution in [0.25, 0.3) is 22.0 Å². The van der Waals surface area contributed by atoms with Crippen molar-refractivity contribution in [2.45, 2.75) is 72.1 Å². The molecule has 4 aromatic rings. The van der Waals surface area contributed by atoms with Gasteiger partial charge in [-0.05, 0) is 94.5 Å². The highest BCUT2D eigenvalue weighted by atomic mass is 16.1. The number of anilines is 1. The molecule has 2 fully saturated rings. The zero-order chi connectivity index (χ0) is 28.1. The van der Waals surface area contributed by atoms with Crippen molar-refractivity contribution in [3.63, 3.8) is 0 Å². The number of carbonyl (C=O) groups excluding carboxylic acids is 1. The molecule has 2 unspecified atom stereocenters. The van der Waals surface area contributed by atoms with Crippen LogP contribution in [0.1, 0.15) is 65.5 Å². The van der Waals surface area contributed by atoms with Gasteiger partial charge in [0.1, 0.15) is 5.82 Å². The van der Waals surface area contributed by atoms with Gasteiger partial charge in [0.15, 0.2) is 0 Å². The van der Waals surface area contributed by atoms with E-state index in [1.165, 1.54) is 12.8 Å². The van der Waals surface area contributed by atoms with Gasteiger partial charge >= 0.3 is 0 Å². The van der Waals surface area contributed by atoms with Crippen LogP contribution >= 0.6 is 0 Å². The number of benzene rings is 1. The van der Waals surface area contributed by atoms with E-state index in [2.05, 4.69) is 63.3 Å². The number of H-pyrrole nitrogens is 1. The van der Waals surface area contributed by atoms with Crippen molar-refractivity contribution in [3.8, 4) is 11.1 Å². The molecule has 6 rings (SSSR count). The minimum atomic E-state index is -0.197. The van der Waals surface area contributed by atoms with Crippen molar-refractivity contribution in [2.24, 2.45) is 0 Å². The Hall–Kier alpha value is -3.91. The molecular formula is C32H38N6O2. The third-order valence-corrected chi connectivity index (χ3v) is 8.47. The molecule has 5 heterocycles. The number of aromatic amines is 1. The Kier molecular flexibility index (Phi) is 6.74. The minimum Gasteiger partial charge on any atom is -0.353 e. The number of fused-ring (bicyclic) bond motifs is 3. The van der Waals surface area contributed by atoms with E-state index in [1.54, 1.807) is 0 Å². The predicted molar refractivity (Wildman–Crippen MR) is 160 cm³/mol. The largest absolute Gasteiger partial charge is 0.353 e. The highest BCUT2D eigenvalue weighted by molar-refractivity contribution is 6.09. The Bertz CT molecular complexity index is 1640. The molecule has 2 saturated heterocycles. The molecule has 2 atom stereocenters. The van der Waals surface area contributed by atoms with Gasteiger partial charge in [-0.3, -0.25) is 9.59 Å². The summed E-state index contributed by atoms with van der Waals surface area (Å²) in [5, 5.41) is 7.64. The van der Waals surface area contributed by atoms with Crippen LogP contribution in [0, 0.1) is 20.8 Å². The van der Waals surface area contributed by atoms with Crippen LogP contribution in [0.5, 0.6) is 0 Å². The van der Waals surface area contributed by atoms with E-state index in [9.17, 15) is 9.59 Å². The molecule has 2 bridgehead atoms. The van der Waals surface area contributed by atoms with Crippen molar-refractivity contribution in [1.82, 2.24) is 25.2 Å². The summed E-state index contributed by atoms with van der Waals surface area (Å²) in [4.78, 5) is 36.3. The smallest absolute Gasteiger partial charge is 0.253 e. The van der Waals surface area contributed by atoms with Crippen LogP contribution in [0.3, 0.4) is 0 Å². The molecule has 8 heteroatoms. The number of aryl methyl sites for hydroxylation is 3. The molecule has 0 saturated carbocycles. The first-order valence-corrected chi connectivity index (χ1v) is 14.3. The van der Waals surface area contributed by atoms with Crippen LogP contribution in [0.15, 0.2) is 47.5 Å². The second-order valence-corrected chi connectivity index (χ2v) is 11.8. The van der Waals surface area contributed by atoms with Gasteiger partial charge in [-0.2, -0.15) is 0 Å². The molecule has 2 aliphatic heterocycles. The number of nitrogens with one attached hydrogen (secondary N) is 3. The van der Waals surface area contributed by atoms with Gasteiger partial charge < -0.3 is 25.1 Å². The molecule has 40 heavy (non-hydrogen) atoms. The number of aromatic nitrogens is 3. The van der Waals surface area contributed by atoms with Gasteiger partial charge in [0.05, 0.1) is 0 Å². The maximum absolute atomic E-state index is 13.7. The van der Waals surface area contributed by atoms with Crippen LogP contribution < -0.4 is 21.1 Å². The van der Waals surface area contributed by atoms with Gasteiger partial charge in [0.2, 0.25) is 0 Å². The number of amides is 1. The fourth-order valence-corrected chi connectivity index (χ4v) is 6.45. The van der Waals surface area contributed by atoms with Crippen LogP contribution in [0.4, 0.5) is 5.82 Å². The zero-order valence-corrected chi connectivity index (χ0v) is 24.0. The van der Waals surface area contributed by atoms with Crippen LogP contribution in [-0.2, 0) is 6.54 Å². The average Bonchev–Trinajstić information content (AvgIpc) is 3.45. The SMILES string of the molecule is Cc1cc(C)c(CNC(=O)c2cc(-c3ccc(N4CC5CCC(C4)N5)nc3)cc3c2c(C)cn3C(C)C)c(=O)[nH]1. The highest BCUT2D eigenvalue weighted by Crippen LogP contribution is 2.33. The monoisotopic (exact) mass is 538 g/mol. The van der Waals surface area contributed by atoms with Gasteiger partial charge in [0, 0.05) is 83.4 Å². The summed E-state index contributed by atoms with van der Waals surface area (Å²) in [5.74, 6) is 0.804. The molecule has 3 aromatic heterocycles. The number of hydrogen-bond acceptors (Lipinski definition) is 5. The molecular weight excluding hydrogens is 500 g/mol. The van der Waals surface area contributed by atoms with Crippen molar-refractivity contribution in [3.05, 3.63) is 81.0 Å². The molecule has 2 aliphatic rings. The van der Waals surface area contributed by atoms with Gasteiger partial charge in [0.25, 0.3) is 11.5 Å². The molecule has 3 N–H and O–H groups in total. The summed E-state index contributed by atoms with van der Waals surface area (Å²) in [6.45, 7) is 12.2. The quantitative estimate of drug-likeness (QED) is 0.329. The van der Waals surface area contributed by atoms with Crippen LogP contribution in [-0.4, -0.2) is 45.6 Å². The third-order valence-electron chi connectivity index (χ3n) is 8.47. The van der Waals surface area contributed by atoms with Crippen molar-refractivity contribution in [1.29, 1.82) is 0 Å². The molecule has 0 radical (unpaired) electrons. The lowest BCUT2D eigenvalue weighted by atomic mass is 9.98. The van der Waals surface area contributed by atoms with Crippen molar-refractivity contribution >= 4 is 22.6 Å². The fourth-order valence-electron chi connectivity index (χ4n) is 6.45. The van der Waals surface area contributed by atoms with Crippen LogP contribution in [0.2, 0.25) is 0 Å². The highest BCUT2D eigenvalue weighted by Gasteiger charge is 2.32. The van der Waals surface area contributed by atoms with E-state index in [4.69, 9.17) is 4.98 Å². The fraction of sp³-hybridized carbons (Fsp3) is 0.406. The summed E-state index contributed by atoms with van der Waals surface area (Å²) in [6.07, 6.45) is 6.51. The summed E-state index contributed by atoms with van der Waals surface area (Å²) >= 11 is 0. The zero-order valence-electron chi connectivity index (χ0n) is 24.0. The maximum atomic E-state index is 13.7. The first kappa shape index (κ1) is 26.3. The number of hydrogen-bond donors (Lipinski definition) is 3. The minimum absolute atomic E-state index is 0.164. The van der Waals surface area contributed by atoms with Crippen molar-refractivity contribution < 1.29 is 4.79 Å². The predicted octanol–water partition coefficient (Wildman–Crippen LogP) is 4.77. The number of piperazine rings is 1. The van der Waals surface area contributed by atoms with E-state index in [1.807, 2.05) is 39.1 Å². The summed E-state index contributed by atoms with van der Waals surface area (Å²) in [5.41, 5.74) is 6.67. The standard InChI is InChI=1S/C32H38N6O2/c1-18(2)38-15-20(4)30-26(31(39)34-14-27-19(3)10-21(5)35-32(27)40)11-23(12-28(30)38)22-6-9-29(33-13-22)37-16-24-7-8-25(17-37)36-24/h6,9-13,15,18,24-25,36H,7-8,14,16-17H2,1-5H3,(H,34,39)(H,35,40). The molecule has 0 spiro atoms. The summed E-state index contributed by atoms with van der Waals surface area (Å²) in [7, 11) is 0.